The van der Waals surface area contributed by atoms with Crippen molar-refractivity contribution in [3.8, 4) is 0 Å². The Hall–Kier alpha value is -0.990. The van der Waals surface area contributed by atoms with Crippen LogP contribution in [-0.4, -0.2) is 54.9 Å². The van der Waals surface area contributed by atoms with Crippen LogP contribution in [0.15, 0.2) is 12.7 Å². The molecule has 3 saturated heterocycles. The van der Waals surface area contributed by atoms with Gasteiger partial charge in [-0.05, 0) is 27.7 Å². The SMILES string of the molecule is C=CC(=O)O[C@H]1O[C@H]([C@H]2COC(C)(C)O2)[C@@H]2OC(C)(C)O[C@H]12. The van der Waals surface area contributed by atoms with E-state index in [1.807, 2.05) is 27.7 Å². The lowest BCUT2D eigenvalue weighted by Gasteiger charge is -2.26. The first-order chi connectivity index (χ1) is 10.2. The molecule has 3 rings (SSSR count). The van der Waals surface area contributed by atoms with Crippen LogP contribution in [0.3, 0.4) is 0 Å². The van der Waals surface area contributed by atoms with Crippen molar-refractivity contribution >= 4 is 5.97 Å². The Labute approximate surface area is 129 Å². The highest BCUT2D eigenvalue weighted by molar-refractivity contribution is 5.81. The van der Waals surface area contributed by atoms with E-state index in [1.54, 1.807) is 0 Å². The average molecular weight is 314 g/mol. The van der Waals surface area contributed by atoms with Crippen LogP contribution in [0.5, 0.6) is 0 Å². The summed E-state index contributed by atoms with van der Waals surface area (Å²) in [7, 11) is 0. The van der Waals surface area contributed by atoms with Crippen molar-refractivity contribution in [2.24, 2.45) is 0 Å². The molecule has 3 aliphatic heterocycles. The van der Waals surface area contributed by atoms with Gasteiger partial charge in [0.25, 0.3) is 0 Å². The Balaban J connectivity index is 1.77. The zero-order valence-corrected chi connectivity index (χ0v) is 13.2. The van der Waals surface area contributed by atoms with Crippen LogP contribution in [0, 0.1) is 0 Å². The Morgan fingerprint density at radius 2 is 1.77 bits per heavy atom. The molecule has 22 heavy (non-hydrogen) atoms. The monoisotopic (exact) mass is 314 g/mol. The number of ether oxygens (including phenoxy) is 6. The largest absolute Gasteiger partial charge is 0.430 e. The van der Waals surface area contributed by atoms with Gasteiger partial charge in [-0.15, -0.1) is 0 Å². The average Bonchev–Trinajstić information content (AvgIpc) is 3.01. The third kappa shape index (κ3) is 2.91. The molecule has 0 aliphatic carbocycles. The molecule has 0 aromatic carbocycles. The van der Waals surface area contributed by atoms with E-state index in [-0.39, 0.29) is 12.2 Å². The molecule has 0 aromatic heterocycles. The molecule has 124 valence electrons. The molecule has 0 spiro atoms. The van der Waals surface area contributed by atoms with Crippen LogP contribution in [0.1, 0.15) is 27.7 Å². The molecule has 0 unspecified atom stereocenters. The summed E-state index contributed by atoms with van der Waals surface area (Å²) in [5.41, 5.74) is 0. The van der Waals surface area contributed by atoms with Crippen LogP contribution < -0.4 is 0 Å². The van der Waals surface area contributed by atoms with Crippen LogP contribution >= 0.6 is 0 Å². The first-order valence-corrected chi connectivity index (χ1v) is 7.37. The third-order valence-corrected chi connectivity index (χ3v) is 3.84. The molecule has 0 radical (unpaired) electrons. The standard InChI is InChI=1S/C15H22O7/c1-6-9(16)18-13-12-11(21-15(4,5)22-12)10(19-13)8-7-17-14(2,3)20-8/h6,8,10-13H,1,7H2,2-5H3/t8-,10-,11+,12+,13+/m1/s1. The zero-order chi connectivity index (χ0) is 16.1. The number of hydrogen-bond acceptors (Lipinski definition) is 7. The van der Waals surface area contributed by atoms with E-state index in [1.165, 1.54) is 0 Å². The lowest BCUT2D eigenvalue weighted by atomic mass is 10.1. The van der Waals surface area contributed by atoms with E-state index in [2.05, 4.69) is 6.58 Å². The molecule has 3 heterocycles. The molecule has 0 bridgehead atoms. The lowest BCUT2D eigenvalue weighted by molar-refractivity contribution is -0.243. The van der Waals surface area contributed by atoms with Crippen molar-refractivity contribution < 1.29 is 33.2 Å². The highest BCUT2D eigenvalue weighted by Crippen LogP contribution is 2.42. The Bertz CT molecular complexity index is 473. The highest BCUT2D eigenvalue weighted by atomic mass is 16.8. The van der Waals surface area contributed by atoms with Gasteiger partial charge in [-0.25, -0.2) is 4.79 Å². The van der Waals surface area contributed by atoms with Crippen molar-refractivity contribution in [2.75, 3.05) is 6.61 Å². The van der Waals surface area contributed by atoms with Gasteiger partial charge in [-0.3, -0.25) is 0 Å². The van der Waals surface area contributed by atoms with Gasteiger partial charge < -0.3 is 28.4 Å². The number of rotatable bonds is 3. The van der Waals surface area contributed by atoms with Gasteiger partial charge in [0.15, 0.2) is 17.7 Å². The van der Waals surface area contributed by atoms with E-state index in [4.69, 9.17) is 28.4 Å². The van der Waals surface area contributed by atoms with E-state index in [0.717, 1.165) is 6.08 Å². The first-order valence-electron chi connectivity index (χ1n) is 7.37. The molecule has 5 atom stereocenters. The number of carbonyl (C=O) groups excluding carboxylic acids is 1. The first kappa shape index (κ1) is 15.9. The second-order valence-electron chi connectivity index (χ2n) is 6.54. The third-order valence-electron chi connectivity index (χ3n) is 3.84. The highest BCUT2D eigenvalue weighted by Gasteiger charge is 2.60. The van der Waals surface area contributed by atoms with E-state index in [9.17, 15) is 4.79 Å². The van der Waals surface area contributed by atoms with E-state index < -0.39 is 36.0 Å². The fourth-order valence-electron chi connectivity index (χ4n) is 3.03. The van der Waals surface area contributed by atoms with Crippen LogP contribution in [-0.2, 0) is 33.2 Å². The summed E-state index contributed by atoms with van der Waals surface area (Å²) in [5, 5.41) is 0. The van der Waals surface area contributed by atoms with Gasteiger partial charge in [0.1, 0.15) is 18.3 Å². The van der Waals surface area contributed by atoms with Gasteiger partial charge in [0, 0.05) is 6.08 Å². The summed E-state index contributed by atoms with van der Waals surface area (Å²) in [4.78, 5) is 11.5. The quantitative estimate of drug-likeness (QED) is 0.571. The summed E-state index contributed by atoms with van der Waals surface area (Å²) in [6.07, 6.45) is -1.40. The number of esters is 1. The smallest absolute Gasteiger partial charge is 0.332 e. The van der Waals surface area contributed by atoms with E-state index in [0.29, 0.717) is 6.61 Å². The summed E-state index contributed by atoms with van der Waals surface area (Å²) in [6.45, 7) is 11.1. The molecular formula is C15H22O7. The van der Waals surface area contributed by atoms with Crippen LogP contribution in [0.2, 0.25) is 0 Å². The fraction of sp³-hybridized carbons (Fsp3) is 0.800. The van der Waals surface area contributed by atoms with Crippen LogP contribution in [0.4, 0.5) is 0 Å². The van der Waals surface area contributed by atoms with Crippen molar-refractivity contribution in [3.05, 3.63) is 12.7 Å². The summed E-state index contributed by atoms with van der Waals surface area (Å²) in [6, 6.07) is 0. The normalized spacial score (nSPS) is 42.1. The Kier molecular flexibility index (Phi) is 3.81. The molecular weight excluding hydrogens is 292 g/mol. The number of hydrogen-bond donors (Lipinski definition) is 0. The predicted octanol–water partition coefficient (Wildman–Crippen LogP) is 1.11. The maximum Gasteiger partial charge on any atom is 0.332 e. The zero-order valence-electron chi connectivity index (χ0n) is 13.2. The van der Waals surface area contributed by atoms with Gasteiger partial charge >= 0.3 is 5.97 Å². The van der Waals surface area contributed by atoms with Crippen molar-refractivity contribution in [1.82, 2.24) is 0 Å². The van der Waals surface area contributed by atoms with Crippen molar-refractivity contribution in [3.63, 3.8) is 0 Å². The Morgan fingerprint density at radius 3 is 2.36 bits per heavy atom. The fourth-order valence-corrected chi connectivity index (χ4v) is 3.03. The maximum atomic E-state index is 11.5. The molecule has 7 nitrogen and oxygen atoms in total. The summed E-state index contributed by atoms with van der Waals surface area (Å²) in [5.74, 6) is -2.01. The number of carbonyl (C=O) groups is 1. The van der Waals surface area contributed by atoms with Gasteiger partial charge in [-0.2, -0.15) is 0 Å². The van der Waals surface area contributed by atoms with E-state index >= 15 is 0 Å². The van der Waals surface area contributed by atoms with Gasteiger partial charge in [-0.1, -0.05) is 6.58 Å². The van der Waals surface area contributed by atoms with Crippen molar-refractivity contribution in [2.45, 2.75) is 70.0 Å². The Morgan fingerprint density at radius 1 is 1.09 bits per heavy atom. The predicted molar refractivity (Wildman–Crippen MR) is 73.7 cm³/mol. The second-order valence-corrected chi connectivity index (χ2v) is 6.54. The van der Waals surface area contributed by atoms with Gasteiger partial charge in [0.2, 0.25) is 6.29 Å². The molecule has 3 aliphatic rings. The molecule has 0 amide bonds. The minimum absolute atomic E-state index is 0.313. The van der Waals surface area contributed by atoms with Crippen molar-refractivity contribution in [1.29, 1.82) is 0 Å². The maximum absolute atomic E-state index is 11.5. The lowest BCUT2D eigenvalue weighted by Crippen LogP contribution is -2.40. The topological polar surface area (TPSA) is 72.5 Å². The molecule has 0 N–H and O–H groups in total. The second kappa shape index (κ2) is 5.28. The number of fused-ring (bicyclic) bond motifs is 1. The summed E-state index contributed by atoms with van der Waals surface area (Å²) >= 11 is 0. The minimum atomic E-state index is -0.852. The summed E-state index contributed by atoms with van der Waals surface area (Å²) < 4.78 is 34.2. The molecule has 0 aromatic rings. The van der Waals surface area contributed by atoms with Crippen LogP contribution in [0.25, 0.3) is 0 Å². The molecule has 3 fully saturated rings. The minimum Gasteiger partial charge on any atom is -0.430 e. The molecule has 0 saturated carbocycles. The molecule has 7 heteroatoms. The van der Waals surface area contributed by atoms with Gasteiger partial charge in [0.05, 0.1) is 6.61 Å².